The molecule has 0 saturated heterocycles. The van der Waals surface area contributed by atoms with Gasteiger partial charge in [-0.3, -0.25) is 0 Å². The molecule has 1 aromatic heterocycles. The Labute approximate surface area is 118 Å². The molecule has 0 unspecified atom stereocenters. The van der Waals surface area contributed by atoms with E-state index in [1.54, 1.807) is 0 Å². The zero-order valence-corrected chi connectivity index (χ0v) is 13.0. The van der Waals surface area contributed by atoms with Crippen LogP contribution in [0, 0.1) is 6.92 Å². The average molecular weight is 263 g/mol. The van der Waals surface area contributed by atoms with E-state index < -0.39 is 0 Å². The van der Waals surface area contributed by atoms with Crippen LogP contribution in [0.4, 0.5) is 5.82 Å². The molecule has 0 atom stereocenters. The average Bonchev–Trinajstić information content (AvgIpc) is 2.40. The van der Waals surface area contributed by atoms with E-state index in [1.165, 1.54) is 24.8 Å². The predicted octanol–water partition coefficient (Wildman–Crippen LogP) is 3.52. The van der Waals surface area contributed by atoms with Crippen molar-refractivity contribution in [3.05, 3.63) is 23.4 Å². The Bertz CT molecular complexity index is 357. The lowest BCUT2D eigenvalue weighted by molar-refractivity contribution is 0.669. The largest absolute Gasteiger partial charge is 0.357 e. The van der Waals surface area contributed by atoms with Crippen LogP contribution in [0.25, 0.3) is 0 Å². The van der Waals surface area contributed by atoms with Crippen LogP contribution in [-0.2, 0) is 6.54 Å². The summed E-state index contributed by atoms with van der Waals surface area (Å²) in [5, 5.41) is 3.44. The van der Waals surface area contributed by atoms with Crippen molar-refractivity contribution in [1.82, 2.24) is 10.3 Å². The maximum absolute atomic E-state index is 4.78. The minimum Gasteiger partial charge on any atom is -0.357 e. The van der Waals surface area contributed by atoms with Crippen molar-refractivity contribution in [3.63, 3.8) is 0 Å². The van der Waals surface area contributed by atoms with E-state index >= 15 is 0 Å². The Morgan fingerprint density at radius 1 is 1.05 bits per heavy atom. The van der Waals surface area contributed by atoms with Crippen LogP contribution in [0.2, 0.25) is 0 Å². The molecule has 0 amide bonds. The topological polar surface area (TPSA) is 28.2 Å². The van der Waals surface area contributed by atoms with Crippen molar-refractivity contribution < 1.29 is 0 Å². The first-order chi connectivity index (χ1) is 9.22. The van der Waals surface area contributed by atoms with E-state index in [-0.39, 0.29) is 0 Å². The van der Waals surface area contributed by atoms with Crippen molar-refractivity contribution >= 4 is 5.82 Å². The summed E-state index contributed by atoms with van der Waals surface area (Å²) in [6.45, 7) is 12.9. The molecule has 0 bridgehead atoms. The third kappa shape index (κ3) is 5.19. The van der Waals surface area contributed by atoms with Gasteiger partial charge in [-0.15, -0.1) is 0 Å². The highest BCUT2D eigenvalue weighted by molar-refractivity contribution is 5.41. The van der Waals surface area contributed by atoms with E-state index in [0.29, 0.717) is 0 Å². The molecular formula is C16H29N3. The number of anilines is 1. The van der Waals surface area contributed by atoms with E-state index in [2.05, 4.69) is 50.0 Å². The number of aryl methyl sites for hydroxylation is 1. The highest BCUT2D eigenvalue weighted by Gasteiger charge is 2.08. The lowest BCUT2D eigenvalue weighted by atomic mass is 10.2. The molecule has 0 radical (unpaired) electrons. The fourth-order valence-corrected chi connectivity index (χ4v) is 2.22. The Morgan fingerprint density at radius 2 is 1.74 bits per heavy atom. The first-order valence-corrected chi connectivity index (χ1v) is 7.65. The fourth-order valence-electron chi connectivity index (χ4n) is 2.22. The number of hydrogen-bond donors (Lipinski definition) is 1. The zero-order chi connectivity index (χ0) is 14.1. The zero-order valence-electron chi connectivity index (χ0n) is 13.0. The van der Waals surface area contributed by atoms with Gasteiger partial charge in [0.05, 0.1) is 0 Å². The van der Waals surface area contributed by atoms with Crippen LogP contribution in [-0.4, -0.2) is 24.6 Å². The van der Waals surface area contributed by atoms with Gasteiger partial charge >= 0.3 is 0 Å². The number of hydrogen-bond acceptors (Lipinski definition) is 3. The van der Waals surface area contributed by atoms with Gasteiger partial charge in [-0.2, -0.15) is 0 Å². The standard InChI is InChI=1S/C16H29N3/c1-5-10-17-13-15-8-9-16(18-14(15)4)19(11-6-2)12-7-3/h8-9,17H,5-7,10-13H2,1-4H3. The quantitative estimate of drug-likeness (QED) is 0.691. The van der Waals surface area contributed by atoms with Crippen molar-refractivity contribution in [2.45, 2.75) is 53.5 Å². The van der Waals surface area contributed by atoms with Crippen molar-refractivity contribution in [1.29, 1.82) is 0 Å². The molecule has 1 aromatic rings. The molecule has 0 aliphatic heterocycles. The molecule has 3 nitrogen and oxygen atoms in total. The van der Waals surface area contributed by atoms with Gasteiger partial charge in [-0.25, -0.2) is 4.98 Å². The highest BCUT2D eigenvalue weighted by Crippen LogP contribution is 2.15. The third-order valence-corrected chi connectivity index (χ3v) is 3.23. The number of pyridine rings is 1. The lowest BCUT2D eigenvalue weighted by Crippen LogP contribution is -2.26. The predicted molar refractivity (Wildman–Crippen MR) is 83.8 cm³/mol. The van der Waals surface area contributed by atoms with Gasteiger partial charge in [0.15, 0.2) is 0 Å². The van der Waals surface area contributed by atoms with Crippen LogP contribution in [0.15, 0.2) is 12.1 Å². The second-order valence-electron chi connectivity index (χ2n) is 5.08. The first kappa shape index (κ1) is 16.0. The molecule has 1 N–H and O–H groups in total. The van der Waals surface area contributed by atoms with Crippen LogP contribution in [0.5, 0.6) is 0 Å². The Morgan fingerprint density at radius 3 is 2.26 bits per heavy atom. The van der Waals surface area contributed by atoms with Gasteiger partial charge in [0.25, 0.3) is 0 Å². The molecule has 0 saturated carbocycles. The second-order valence-corrected chi connectivity index (χ2v) is 5.08. The van der Waals surface area contributed by atoms with Crippen molar-refractivity contribution in [2.24, 2.45) is 0 Å². The molecule has 3 heteroatoms. The van der Waals surface area contributed by atoms with E-state index in [4.69, 9.17) is 4.98 Å². The smallest absolute Gasteiger partial charge is 0.128 e. The van der Waals surface area contributed by atoms with Gasteiger partial charge in [-0.1, -0.05) is 26.8 Å². The van der Waals surface area contributed by atoms with Gasteiger partial charge in [0, 0.05) is 25.3 Å². The molecule has 108 valence electrons. The summed E-state index contributed by atoms with van der Waals surface area (Å²) in [6, 6.07) is 4.39. The Kier molecular flexibility index (Phi) is 7.49. The van der Waals surface area contributed by atoms with Crippen molar-refractivity contribution in [2.75, 3.05) is 24.5 Å². The third-order valence-electron chi connectivity index (χ3n) is 3.23. The fraction of sp³-hybridized carbons (Fsp3) is 0.688. The summed E-state index contributed by atoms with van der Waals surface area (Å²) < 4.78 is 0. The number of nitrogens with one attached hydrogen (secondary N) is 1. The molecule has 0 spiro atoms. The maximum Gasteiger partial charge on any atom is 0.128 e. The van der Waals surface area contributed by atoms with Gasteiger partial charge < -0.3 is 10.2 Å². The van der Waals surface area contributed by atoms with Crippen LogP contribution in [0.3, 0.4) is 0 Å². The van der Waals surface area contributed by atoms with E-state index in [1.807, 2.05) is 0 Å². The minimum absolute atomic E-state index is 0.925. The summed E-state index contributed by atoms with van der Waals surface area (Å²) in [5.74, 6) is 1.13. The molecular weight excluding hydrogens is 234 g/mol. The first-order valence-electron chi connectivity index (χ1n) is 7.65. The summed E-state index contributed by atoms with van der Waals surface area (Å²) in [5.41, 5.74) is 2.46. The molecule has 0 aliphatic rings. The number of nitrogens with zero attached hydrogens (tertiary/aromatic N) is 2. The van der Waals surface area contributed by atoms with E-state index in [0.717, 1.165) is 37.7 Å². The van der Waals surface area contributed by atoms with Crippen molar-refractivity contribution in [3.8, 4) is 0 Å². The summed E-state index contributed by atoms with van der Waals surface area (Å²) in [6.07, 6.45) is 3.51. The molecule has 19 heavy (non-hydrogen) atoms. The highest BCUT2D eigenvalue weighted by atomic mass is 15.2. The monoisotopic (exact) mass is 263 g/mol. The molecule has 1 rings (SSSR count). The molecule has 0 aliphatic carbocycles. The molecule has 0 aromatic carbocycles. The molecule has 1 heterocycles. The van der Waals surface area contributed by atoms with E-state index in [9.17, 15) is 0 Å². The van der Waals surface area contributed by atoms with Gasteiger partial charge in [-0.05, 0) is 44.4 Å². The second kappa shape index (κ2) is 8.92. The number of aromatic nitrogens is 1. The van der Waals surface area contributed by atoms with Crippen LogP contribution in [0.1, 0.15) is 51.3 Å². The summed E-state index contributed by atoms with van der Waals surface area (Å²) in [4.78, 5) is 7.16. The lowest BCUT2D eigenvalue weighted by Gasteiger charge is -2.23. The summed E-state index contributed by atoms with van der Waals surface area (Å²) in [7, 11) is 0. The number of rotatable bonds is 9. The van der Waals surface area contributed by atoms with Gasteiger partial charge in [0.2, 0.25) is 0 Å². The normalized spacial score (nSPS) is 10.7. The minimum atomic E-state index is 0.925. The maximum atomic E-state index is 4.78. The Balaban J connectivity index is 2.73. The van der Waals surface area contributed by atoms with Gasteiger partial charge in [0.1, 0.15) is 5.82 Å². The molecule has 0 fully saturated rings. The summed E-state index contributed by atoms with van der Waals surface area (Å²) >= 11 is 0. The Hall–Kier alpha value is -1.09. The van der Waals surface area contributed by atoms with Crippen LogP contribution >= 0.6 is 0 Å². The van der Waals surface area contributed by atoms with Crippen LogP contribution < -0.4 is 10.2 Å². The SMILES string of the molecule is CCCNCc1ccc(N(CCC)CCC)nc1C.